The Morgan fingerprint density at radius 3 is 2.25 bits per heavy atom. The highest BCUT2D eigenvalue weighted by Gasteiger charge is 2.28. The Hall–Kier alpha value is -3.20. The maximum Gasteiger partial charge on any atom is 0.227 e. The van der Waals surface area contributed by atoms with Crippen molar-refractivity contribution in [1.29, 1.82) is 0 Å². The number of ether oxygens (including phenoxy) is 3. The highest BCUT2D eigenvalue weighted by molar-refractivity contribution is 5.75. The summed E-state index contributed by atoms with van der Waals surface area (Å²) in [6.45, 7) is 2.27. The van der Waals surface area contributed by atoms with Crippen molar-refractivity contribution in [2.24, 2.45) is 5.73 Å². The van der Waals surface area contributed by atoms with Gasteiger partial charge in [-0.25, -0.2) is 0 Å². The van der Waals surface area contributed by atoms with E-state index >= 15 is 0 Å². The van der Waals surface area contributed by atoms with Gasteiger partial charge in [0.1, 0.15) is 5.76 Å². The summed E-state index contributed by atoms with van der Waals surface area (Å²) in [4.78, 5) is 26.7. The van der Waals surface area contributed by atoms with Gasteiger partial charge >= 0.3 is 0 Å². The van der Waals surface area contributed by atoms with Gasteiger partial charge < -0.3 is 29.5 Å². The van der Waals surface area contributed by atoms with Crippen LogP contribution in [0.2, 0.25) is 0 Å². The molecule has 2 aromatic rings. The normalized spacial score (nSPS) is 15.2. The molecule has 0 aliphatic carbocycles. The first-order valence-corrected chi connectivity index (χ1v) is 10.5. The van der Waals surface area contributed by atoms with Crippen LogP contribution in [-0.2, 0) is 11.3 Å². The molecule has 174 valence electrons. The molecule has 3 N–H and O–H groups in total. The van der Waals surface area contributed by atoms with E-state index in [1.54, 1.807) is 12.1 Å². The number of carbonyl (C=O) groups excluding carboxylic acids is 1. The van der Waals surface area contributed by atoms with Crippen molar-refractivity contribution < 1.29 is 28.5 Å². The zero-order chi connectivity index (χ0) is 23.3. The van der Waals surface area contributed by atoms with Gasteiger partial charge in [0.2, 0.25) is 22.8 Å². The molecule has 0 radical (unpaired) electrons. The van der Waals surface area contributed by atoms with Crippen molar-refractivity contribution in [3.63, 3.8) is 0 Å². The number of piperidine rings is 1. The minimum atomic E-state index is -0.824. The van der Waals surface area contributed by atoms with E-state index in [0.29, 0.717) is 35.1 Å². The molecule has 1 saturated heterocycles. The minimum Gasteiger partial charge on any atom is -0.502 e. The number of hydrogen-bond donors (Lipinski definition) is 2. The third-order valence-corrected chi connectivity index (χ3v) is 5.64. The number of amides is 1. The number of nitrogens with two attached hydrogens (primary N) is 1. The maximum atomic E-state index is 12.6. The molecule has 1 fully saturated rings. The van der Waals surface area contributed by atoms with Crippen LogP contribution in [0.5, 0.6) is 23.0 Å². The summed E-state index contributed by atoms with van der Waals surface area (Å²) >= 11 is 0. The van der Waals surface area contributed by atoms with Crippen LogP contribution in [0.1, 0.15) is 48.7 Å². The highest BCUT2D eigenvalue weighted by atomic mass is 16.5. The van der Waals surface area contributed by atoms with Crippen molar-refractivity contribution in [1.82, 2.24) is 4.90 Å². The van der Waals surface area contributed by atoms with Crippen LogP contribution < -0.4 is 25.4 Å². The molecular formula is C23H30N2O7. The van der Waals surface area contributed by atoms with Gasteiger partial charge in [0.05, 0.1) is 33.8 Å². The molecule has 9 heteroatoms. The van der Waals surface area contributed by atoms with Gasteiger partial charge in [0, 0.05) is 12.5 Å². The number of likely N-dealkylation sites (tertiary alicyclic amines) is 1. The van der Waals surface area contributed by atoms with E-state index in [2.05, 4.69) is 4.90 Å². The van der Waals surface area contributed by atoms with Gasteiger partial charge in [-0.15, -0.1) is 0 Å². The van der Waals surface area contributed by atoms with E-state index in [-0.39, 0.29) is 12.2 Å². The van der Waals surface area contributed by atoms with Gasteiger partial charge in [0.25, 0.3) is 0 Å². The zero-order valence-corrected chi connectivity index (χ0v) is 18.7. The molecule has 1 aromatic carbocycles. The third-order valence-electron chi connectivity index (χ3n) is 5.64. The molecule has 3 rings (SSSR count). The molecule has 0 saturated carbocycles. The summed E-state index contributed by atoms with van der Waals surface area (Å²) in [5.74, 6) is -0.481. The number of aromatic hydroxyl groups is 1. The predicted molar refractivity (Wildman–Crippen MR) is 118 cm³/mol. The first-order chi connectivity index (χ1) is 15.4. The van der Waals surface area contributed by atoms with E-state index < -0.39 is 23.0 Å². The van der Waals surface area contributed by atoms with Crippen LogP contribution in [0, 0.1) is 0 Å². The van der Waals surface area contributed by atoms with Crippen LogP contribution in [0.15, 0.2) is 27.4 Å². The van der Waals surface area contributed by atoms with Crippen molar-refractivity contribution in [3.8, 4) is 23.0 Å². The number of primary amides is 1. The predicted octanol–water partition coefficient (Wildman–Crippen LogP) is 2.36. The SMILES string of the molecule is COc1cc(C(CC(N)=O)c2oc(CN3CCCCC3)cc(=O)c2O)cc(OC)c1OC. The molecule has 9 nitrogen and oxygen atoms in total. The number of carbonyl (C=O) groups is 1. The highest BCUT2D eigenvalue weighted by Crippen LogP contribution is 2.43. The lowest BCUT2D eigenvalue weighted by molar-refractivity contribution is -0.118. The second kappa shape index (κ2) is 10.4. The summed E-state index contributed by atoms with van der Waals surface area (Å²) in [6, 6.07) is 4.58. The van der Waals surface area contributed by atoms with Crippen molar-refractivity contribution in [2.75, 3.05) is 34.4 Å². The first-order valence-electron chi connectivity index (χ1n) is 10.5. The third kappa shape index (κ3) is 5.16. The van der Waals surface area contributed by atoms with Crippen molar-refractivity contribution >= 4 is 5.91 Å². The summed E-state index contributed by atoms with van der Waals surface area (Å²) in [5, 5.41) is 10.6. The molecule has 1 aliphatic rings. The summed E-state index contributed by atoms with van der Waals surface area (Å²) < 4.78 is 22.2. The van der Waals surface area contributed by atoms with E-state index in [4.69, 9.17) is 24.4 Å². The molecule has 1 amide bonds. The maximum absolute atomic E-state index is 12.6. The molecule has 1 aliphatic heterocycles. The second-order valence-electron chi connectivity index (χ2n) is 7.81. The van der Waals surface area contributed by atoms with E-state index in [1.807, 2.05) is 0 Å². The number of methoxy groups -OCH3 is 3. The number of rotatable bonds is 9. The lowest BCUT2D eigenvalue weighted by Crippen LogP contribution is -2.29. The molecule has 1 atom stereocenters. The smallest absolute Gasteiger partial charge is 0.227 e. The number of benzene rings is 1. The quantitative estimate of drug-likeness (QED) is 0.602. The summed E-state index contributed by atoms with van der Waals surface area (Å²) in [6.07, 6.45) is 3.17. The zero-order valence-electron chi connectivity index (χ0n) is 18.7. The lowest BCUT2D eigenvalue weighted by Gasteiger charge is -2.26. The Kier molecular flexibility index (Phi) is 7.63. The molecule has 32 heavy (non-hydrogen) atoms. The standard InChI is InChI=1S/C23H30N2O7/c1-29-18-9-14(10-19(30-2)23(18)31-3)16(12-20(24)27)22-21(28)17(26)11-15(32-22)13-25-7-5-4-6-8-25/h9-11,16,28H,4-8,12-13H2,1-3H3,(H2,24,27). The number of nitrogens with zero attached hydrogens (tertiary/aromatic N) is 1. The topological polar surface area (TPSA) is 124 Å². The average Bonchev–Trinajstić information content (AvgIpc) is 2.79. The van der Waals surface area contributed by atoms with E-state index in [1.165, 1.54) is 33.8 Å². The van der Waals surface area contributed by atoms with Gasteiger partial charge in [-0.1, -0.05) is 6.42 Å². The summed E-state index contributed by atoms with van der Waals surface area (Å²) in [5.41, 5.74) is 5.46. The number of hydrogen-bond acceptors (Lipinski definition) is 8. The molecule has 0 spiro atoms. The lowest BCUT2D eigenvalue weighted by atomic mass is 9.91. The molecule has 1 unspecified atom stereocenters. The molecular weight excluding hydrogens is 416 g/mol. The second-order valence-corrected chi connectivity index (χ2v) is 7.81. The molecule has 1 aromatic heterocycles. The van der Waals surface area contributed by atoms with E-state index in [9.17, 15) is 14.7 Å². The fourth-order valence-electron chi connectivity index (χ4n) is 4.07. The Morgan fingerprint density at radius 2 is 1.72 bits per heavy atom. The van der Waals surface area contributed by atoms with Crippen molar-refractivity contribution in [3.05, 3.63) is 45.5 Å². The summed E-state index contributed by atoms with van der Waals surface area (Å²) in [7, 11) is 4.43. The van der Waals surface area contributed by atoms with Crippen LogP contribution >= 0.6 is 0 Å². The van der Waals surface area contributed by atoms with Gasteiger partial charge in [-0.3, -0.25) is 14.5 Å². The van der Waals surface area contributed by atoms with Gasteiger partial charge in [0.15, 0.2) is 17.3 Å². The Morgan fingerprint density at radius 1 is 1.09 bits per heavy atom. The van der Waals surface area contributed by atoms with E-state index in [0.717, 1.165) is 25.9 Å². The Bertz CT molecular complexity index is 987. The molecule has 0 bridgehead atoms. The Labute approximate surface area is 186 Å². The monoisotopic (exact) mass is 446 g/mol. The molecule has 2 heterocycles. The Balaban J connectivity index is 2.09. The van der Waals surface area contributed by atoms with Crippen LogP contribution in [0.4, 0.5) is 0 Å². The minimum absolute atomic E-state index is 0.0161. The van der Waals surface area contributed by atoms with Crippen molar-refractivity contribution in [2.45, 2.75) is 38.1 Å². The van der Waals surface area contributed by atoms with Gasteiger partial charge in [-0.2, -0.15) is 0 Å². The fraction of sp³-hybridized carbons (Fsp3) is 0.478. The van der Waals surface area contributed by atoms with Crippen LogP contribution in [0.25, 0.3) is 0 Å². The first kappa shape index (κ1) is 23.5. The van der Waals surface area contributed by atoms with Crippen LogP contribution in [0.3, 0.4) is 0 Å². The van der Waals surface area contributed by atoms with Gasteiger partial charge in [-0.05, 0) is 43.6 Å². The average molecular weight is 447 g/mol. The fourth-order valence-corrected chi connectivity index (χ4v) is 4.07. The largest absolute Gasteiger partial charge is 0.502 e. The van der Waals surface area contributed by atoms with Crippen LogP contribution in [-0.4, -0.2) is 50.3 Å².